The van der Waals surface area contributed by atoms with Gasteiger partial charge in [-0.1, -0.05) is 43.6 Å². The van der Waals surface area contributed by atoms with Crippen molar-refractivity contribution in [3.8, 4) is 11.3 Å². The number of hydrogen-bond acceptors (Lipinski definition) is 4. The van der Waals surface area contributed by atoms with Crippen LogP contribution in [-0.2, 0) is 16.1 Å². The zero-order valence-electron chi connectivity index (χ0n) is 14.5. The van der Waals surface area contributed by atoms with E-state index in [4.69, 9.17) is 11.6 Å². The lowest BCUT2D eigenvalue weighted by atomic mass is 10.0. The first-order valence-corrected chi connectivity index (χ1v) is 8.51. The minimum atomic E-state index is -1.11. The van der Waals surface area contributed by atoms with Crippen LogP contribution in [0, 0.1) is 5.92 Å². The minimum absolute atomic E-state index is 0.0980. The van der Waals surface area contributed by atoms with Crippen molar-refractivity contribution >= 4 is 23.5 Å². The molecule has 138 valence electrons. The summed E-state index contributed by atoms with van der Waals surface area (Å²) in [6.07, 6.45) is 0.295. The normalized spacial score (nSPS) is 12.0. The molecule has 1 amide bonds. The summed E-state index contributed by atoms with van der Waals surface area (Å²) in [5.74, 6) is -1.61. The summed E-state index contributed by atoms with van der Waals surface area (Å²) in [6, 6.07) is 8.82. The van der Waals surface area contributed by atoms with Crippen molar-refractivity contribution in [2.45, 2.75) is 32.9 Å². The van der Waals surface area contributed by atoms with Gasteiger partial charge < -0.3 is 10.4 Å². The molecule has 0 spiro atoms. The largest absolute Gasteiger partial charge is 0.480 e. The van der Waals surface area contributed by atoms with Gasteiger partial charge in [0, 0.05) is 11.6 Å². The number of nitrogens with zero attached hydrogens (tertiary/aromatic N) is 2. The van der Waals surface area contributed by atoms with E-state index in [1.165, 1.54) is 12.1 Å². The number of carboxylic acid groups (broad SMARTS) is 1. The van der Waals surface area contributed by atoms with E-state index in [0.717, 1.165) is 4.68 Å². The predicted molar refractivity (Wildman–Crippen MR) is 98.0 cm³/mol. The smallest absolute Gasteiger partial charge is 0.326 e. The number of aromatic nitrogens is 2. The SMILES string of the molecule is CC(C)C[C@@H](NC(=O)Cn1nc(-c2ccccc2Cl)ccc1=O)C(=O)O. The van der Waals surface area contributed by atoms with E-state index in [1.807, 2.05) is 13.8 Å². The first kappa shape index (κ1) is 19.7. The Morgan fingerprint density at radius 3 is 2.54 bits per heavy atom. The number of rotatable bonds is 7. The number of aliphatic carboxylic acids is 1. The Labute approximate surface area is 155 Å². The standard InChI is InChI=1S/C18H20ClN3O4/c1-11(2)9-15(18(25)26)20-16(23)10-22-17(24)8-7-14(21-22)12-5-3-4-6-13(12)19/h3-8,11,15H,9-10H2,1-2H3,(H,20,23)(H,25,26)/t15-/m1/s1. The fourth-order valence-corrected chi connectivity index (χ4v) is 2.68. The van der Waals surface area contributed by atoms with Crippen LogP contribution in [0.5, 0.6) is 0 Å². The Morgan fingerprint density at radius 2 is 1.92 bits per heavy atom. The number of benzene rings is 1. The molecule has 0 unspecified atom stereocenters. The van der Waals surface area contributed by atoms with Gasteiger partial charge in [0.2, 0.25) is 5.91 Å². The Bertz CT molecular complexity index is 864. The monoisotopic (exact) mass is 377 g/mol. The van der Waals surface area contributed by atoms with E-state index in [1.54, 1.807) is 24.3 Å². The second-order valence-corrected chi connectivity index (χ2v) is 6.69. The molecule has 1 aromatic heterocycles. The van der Waals surface area contributed by atoms with E-state index < -0.39 is 23.5 Å². The highest BCUT2D eigenvalue weighted by molar-refractivity contribution is 6.33. The molecule has 1 heterocycles. The molecule has 0 radical (unpaired) electrons. The maximum absolute atomic E-state index is 12.2. The van der Waals surface area contributed by atoms with Crippen molar-refractivity contribution < 1.29 is 14.7 Å². The van der Waals surface area contributed by atoms with Crippen molar-refractivity contribution in [2.24, 2.45) is 5.92 Å². The van der Waals surface area contributed by atoms with Crippen molar-refractivity contribution in [1.29, 1.82) is 0 Å². The maximum atomic E-state index is 12.2. The molecule has 26 heavy (non-hydrogen) atoms. The molecular formula is C18H20ClN3O4. The predicted octanol–water partition coefficient (Wildman–Crippen LogP) is 2.18. The molecule has 7 nitrogen and oxygen atoms in total. The summed E-state index contributed by atoms with van der Waals surface area (Å²) in [5.41, 5.74) is 0.609. The molecular weight excluding hydrogens is 358 g/mol. The molecule has 2 aromatic rings. The van der Waals surface area contributed by atoms with Crippen molar-refractivity contribution in [3.05, 3.63) is 51.8 Å². The van der Waals surface area contributed by atoms with Crippen LogP contribution in [0.2, 0.25) is 5.02 Å². The van der Waals surface area contributed by atoms with Crippen LogP contribution >= 0.6 is 11.6 Å². The Hall–Kier alpha value is -2.67. The fraction of sp³-hybridized carbons (Fsp3) is 0.333. The van der Waals surface area contributed by atoms with Crippen LogP contribution in [0.25, 0.3) is 11.3 Å². The molecule has 2 rings (SSSR count). The van der Waals surface area contributed by atoms with Gasteiger partial charge in [-0.25, -0.2) is 9.48 Å². The Balaban J connectivity index is 2.20. The molecule has 0 bridgehead atoms. The summed E-state index contributed by atoms with van der Waals surface area (Å²) in [4.78, 5) is 35.4. The third-order valence-corrected chi connectivity index (χ3v) is 3.98. The number of halogens is 1. The lowest BCUT2D eigenvalue weighted by Crippen LogP contribution is -2.44. The van der Waals surface area contributed by atoms with Gasteiger partial charge in [0.05, 0.1) is 10.7 Å². The third-order valence-electron chi connectivity index (χ3n) is 3.65. The van der Waals surface area contributed by atoms with Crippen LogP contribution in [-0.4, -0.2) is 32.8 Å². The molecule has 0 aliphatic rings. The number of carbonyl (C=O) groups is 2. The summed E-state index contributed by atoms with van der Waals surface area (Å²) in [7, 11) is 0. The molecule has 1 aromatic carbocycles. The first-order chi connectivity index (χ1) is 12.3. The highest BCUT2D eigenvalue weighted by Gasteiger charge is 2.21. The van der Waals surface area contributed by atoms with E-state index >= 15 is 0 Å². The number of carboxylic acids is 1. The van der Waals surface area contributed by atoms with Gasteiger partial charge in [0.15, 0.2) is 0 Å². The first-order valence-electron chi connectivity index (χ1n) is 8.13. The molecule has 1 atom stereocenters. The quantitative estimate of drug-likeness (QED) is 0.770. The van der Waals surface area contributed by atoms with E-state index in [2.05, 4.69) is 10.4 Å². The topological polar surface area (TPSA) is 101 Å². The highest BCUT2D eigenvalue weighted by atomic mass is 35.5. The minimum Gasteiger partial charge on any atom is -0.480 e. The fourth-order valence-electron chi connectivity index (χ4n) is 2.44. The van der Waals surface area contributed by atoms with E-state index in [-0.39, 0.29) is 12.5 Å². The molecule has 8 heteroatoms. The van der Waals surface area contributed by atoms with Gasteiger partial charge >= 0.3 is 5.97 Å². The van der Waals surface area contributed by atoms with Gasteiger partial charge in [-0.15, -0.1) is 0 Å². The zero-order valence-corrected chi connectivity index (χ0v) is 15.2. The molecule has 0 fully saturated rings. The lowest BCUT2D eigenvalue weighted by molar-refractivity contribution is -0.142. The van der Waals surface area contributed by atoms with Crippen molar-refractivity contribution in [2.75, 3.05) is 0 Å². The number of hydrogen-bond donors (Lipinski definition) is 2. The van der Waals surface area contributed by atoms with Crippen LogP contribution in [0.4, 0.5) is 0 Å². The number of amides is 1. The lowest BCUT2D eigenvalue weighted by Gasteiger charge is -2.16. The van der Waals surface area contributed by atoms with Gasteiger partial charge in [0.25, 0.3) is 5.56 Å². The number of nitrogens with one attached hydrogen (secondary N) is 1. The Kier molecular flexibility index (Phi) is 6.52. The van der Waals surface area contributed by atoms with E-state index in [0.29, 0.717) is 22.7 Å². The molecule has 0 aliphatic carbocycles. The third kappa shape index (κ3) is 5.16. The molecule has 2 N–H and O–H groups in total. The highest BCUT2D eigenvalue weighted by Crippen LogP contribution is 2.24. The average Bonchev–Trinajstić information content (AvgIpc) is 2.56. The summed E-state index contributed by atoms with van der Waals surface area (Å²) < 4.78 is 0.988. The average molecular weight is 378 g/mol. The van der Waals surface area contributed by atoms with Gasteiger partial charge in [-0.3, -0.25) is 9.59 Å². The maximum Gasteiger partial charge on any atom is 0.326 e. The van der Waals surface area contributed by atoms with Crippen LogP contribution in [0.1, 0.15) is 20.3 Å². The van der Waals surface area contributed by atoms with Crippen LogP contribution in [0.3, 0.4) is 0 Å². The zero-order chi connectivity index (χ0) is 19.3. The molecule has 0 aliphatic heterocycles. The van der Waals surface area contributed by atoms with Crippen molar-refractivity contribution in [1.82, 2.24) is 15.1 Å². The van der Waals surface area contributed by atoms with Crippen LogP contribution < -0.4 is 10.9 Å². The van der Waals surface area contributed by atoms with E-state index in [9.17, 15) is 19.5 Å². The van der Waals surface area contributed by atoms with Gasteiger partial charge in [-0.2, -0.15) is 5.10 Å². The summed E-state index contributed by atoms with van der Waals surface area (Å²) >= 11 is 6.14. The molecule has 0 saturated heterocycles. The molecule has 0 saturated carbocycles. The second-order valence-electron chi connectivity index (χ2n) is 6.28. The summed E-state index contributed by atoms with van der Waals surface area (Å²) in [5, 5.41) is 16.3. The Morgan fingerprint density at radius 1 is 1.23 bits per heavy atom. The van der Waals surface area contributed by atoms with Gasteiger partial charge in [-0.05, 0) is 24.5 Å². The summed E-state index contributed by atoms with van der Waals surface area (Å²) in [6.45, 7) is 3.35. The van der Waals surface area contributed by atoms with Crippen molar-refractivity contribution in [3.63, 3.8) is 0 Å². The van der Waals surface area contributed by atoms with Gasteiger partial charge in [0.1, 0.15) is 12.6 Å². The second kappa shape index (κ2) is 8.62. The van der Waals surface area contributed by atoms with Crippen LogP contribution in [0.15, 0.2) is 41.2 Å². The number of carbonyl (C=O) groups excluding carboxylic acids is 1.